The molecule has 0 N–H and O–H groups in total. The van der Waals surface area contributed by atoms with Gasteiger partial charge in [0.15, 0.2) is 0 Å². The van der Waals surface area contributed by atoms with Crippen molar-refractivity contribution in [2.75, 3.05) is 14.2 Å². The zero-order valence-corrected chi connectivity index (χ0v) is 15.8. The number of methoxy groups -OCH3 is 1. The third kappa shape index (κ3) is 4.41. The molecule has 1 aromatic heterocycles. The second-order valence-electron chi connectivity index (χ2n) is 6.02. The molecule has 1 amide bonds. The monoisotopic (exact) mass is 383 g/mol. The van der Waals surface area contributed by atoms with Gasteiger partial charge in [0, 0.05) is 18.5 Å². The van der Waals surface area contributed by atoms with Gasteiger partial charge in [0.25, 0.3) is 5.91 Å². The van der Waals surface area contributed by atoms with Gasteiger partial charge < -0.3 is 9.64 Å². The van der Waals surface area contributed by atoms with Crippen molar-refractivity contribution in [3.05, 3.63) is 82.5 Å². The molecule has 2 aromatic carbocycles. The van der Waals surface area contributed by atoms with Crippen LogP contribution >= 0.6 is 11.3 Å². The first-order valence-corrected chi connectivity index (χ1v) is 9.08. The number of hydrogen-bond donors (Lipinski definition) is 0. The maximum atomic E-state index is 13.1. The Bertz CT molecular complexity index is 948. The molecule has 0 bridgehead atoms. The number of esters is 1. The Morgan fingerprint density at radius 3 is 2.30 bits per heavy atom. The predicted molar refractivity (Wildman–Crippen MR) is 103 cm³/mol. The summed E-state index contributed by atoms with van der Waals surface area (Å²) in [5.74, 6) is -0.771. The van der Waals surface area contributed by atoms with Crippen molar-refractivity contribution in [3.63, 3.8) is 0 Å². The molecule has 0 saturated heterocycles. The van der Waals surface area contributed by atoms with Gasteiger partial charge in [0.05, 0.1) is 17.6 Å². The van der Waals surface area contributed by atoms with Crippen LogP contribution < -0.4 is 0 Å². The Balaban J connectivity index is 1.68. The minimum atomic E-state index is -0.391. The number of carbonyl (C=O) groups excluding carboxylic acids is 2. The molecule has 3 aromatic rings. The maximum Gasteiger partial charge on any atom is 0.337 e. The molecule has 0 saturated carbocycles. The molecular formula is C21H18FNO3S. The van der Waals surface area contributed by atoms with Crippen LogP contribution in [-0.2, 0) is 11.3 Å². The lowest BCUT2D eigenvalue weighted by Crippen LogP contribution is -2.25. The second-order valence-corrected chi connectivity index (χ2v) is 7.10. The number of ether oxygens (including phenoxy) is 1. The quantitative estimate of drug-likeness (QED) is 0.605. The standard InChI is InChI=1S/C21H18FNO3S/c1-23(13-14-3-5-16(6-4-14)21(25)26-2)20(24)19-12-11-18(27-19)15-7-9-17(22)10-8-15/h3-12H,13H2,1-2H3. The van der Waals surface area contributed by atoms with E-state index < -0.39 is 5.97 Å². The first-order chi connectivity index (χ1) is 13.0. The van der Waals surface area contributed by atoms with E-state index in [-0.39, 0.29) is 11.7 Å². The fraction of sp³-hybridized carbons (Fsp3) is 0.143. The Hall–Kier alpha value is -2.99. The first-order valence-electron chi connectivity index (χ1n) is 8.26. The fourth-order valence-electron chi connectivity index (χ4n) is 2.62. The molecule has 3 rings (SSSR count). The van der Waals surface area contributed by atoms with Crippen molar-refractivity contribution >= 4 is 23.2 Å². The molecule has 6 heteroatoms. The number of nitrogens with zero attached hydrogens (tertiary/aromatic N) is 1. The summed E-state index contributed by atoms with van der Waals surface area (Å²) >= 11 is 1.37. The molecule has 0 aliphatic heterocycles. The molecule has 27 heavy (non-hydrogen) atoms. The molecule has 0 aliphatic carbocycles. The summed E-state index contributed by atoms with van der Waals surface area (Å²) in [4.78, 5) is 27.3. The summed E-state index contributed by atoms with van der Waals surface area (Å²) in [5, 5.41) is 0. The highest BCUT2D eigenvalue weighted by Gasteiger charge is 2.15. The average Bonchev–Trinajstić information content (AvgIpc) is 3.18. The van der Waals surface area contributed by atoms with Gasteiger partial charge >= 0.3 is 5.97 Å². The predicted octanol–water partition coefficient (Wildman–Crippen LogP) is 4.61. The molecule has 1 heterocycles. The van der Waals surface area contributed by atoms with Crippen molar-refractivity contribution in [1.82, 2.24) is 4.90 Å². The normalized spacial score (nSPS) is 10.5. The molecule has 0 spiro atoms. The van der Waals surface area contributed by atoms with Crippen LogP contribution in [0.25, 0.3) is 10.4 Å². The van der Waals surface area contributed by atoms with Crippen molar-refractivity contribution in [1.29, 1.82) is 0 Å². The largest absolute Gasteiger partial charge is 0.465 e. The maximum absolute atomic E-state index is 13.1. The molecule has 0 radical (unpaired) electrons. The lowest BCUT2D eigenvalue weighted by atomic mass is 10.1. The number of thiophene rings is 1. The number of amides is 1. The van der Waals surface area contributed by atoms with E-state index in [1.165, 1.54) is 30.6 Å². The minimum Gasteiger partial charge on any atom is -0.465 e. The Morgan fingerprint density at radius 2 is 1.67 bits per heavy atom. The van der Waals surface area contributed by atoms with Crippen LogP contribution in [0.2, 0.25) is 0 Å². The number of rotatable bonds is 5. The fourth-order valence-corrected chi connectivity index (χ4v) is 3.63. The van der Waals surface area contributed by atoms with Crippen molar-refractivity contribution in [2.45, 2.75) is 6.54 Å². The number of benzene rings is 2. The van der Waals surface area contributed by atoms with Gasteiger partial charge in [-0.3, -0.25) is 4.79 Å². The van der Waals surface area contributed by atoms with Crippen molar-refractivity contribution in [2.24, 2.45) is 0 Å². The highest BCUT2D eigenvalue weighted by Crippen LogP contribution is 2.29. The van der Waals surface area contributed by atoms with Crippen LogP contribution in [0.3, 0.4) is 0 Å². The Kier molecular flexibility index (Phi) is 5.66. The van der Waals surface area contributed by atoms with Gasteiger partial charge in [-0.1, -0.05) is 24.3 Å². The van der Waals surface area contributed by atoms with Crippen molar-refractivity contribution in [3.8, 4) is 10.4 Å². The van der Waals surface area contributed by atoms with E-state index in [1.54, 1.807) is 54.4 Å². The molecule has 0 atom stereocenters. The number of carbonyl (C=O) groups is 2. The van der Waals surface area contributed by atoms with Crippen LogP contribution in [-0.4, -0.2) is 30.9 Å². The lowest BCUT2D eigenvalue weighted by Gasteiger charge is -2.16. The van der Waals surface area contributed by atoms with Crippen LogP contribution in [0.1, 0.15) is 25.6 Å². The highest BCUT2D eigenvalue weighted by atomic mass is 32.1. The van der Waals surface area contributed by atoms with Gasteiger partial charge in [-0.05, 0) is 47.5 Å². The third-order valence-electron chi connectivity index (χ3n) is 4.09. The zero-order valence-electron chi connectivity index (χ0n) is 14.9. The summed E-state index contributed by atoms with van der Waals surface area (Å²) in [6.45, 7) is 0.421. The average molecular weight is 383 g/mol. The second kappa shape index (κ2) is 8.14. The molecule has 0 unspecified atom stereocenters. The van der Waals surface area contributed by atoms with E-state index in [4.69, 9.17) is 0 Å². The van der Waals surface area contributed by atoms with E-state index in [0.717, 1.165) is 16.0 Å². The SMILES string of the molecule is COC(=O)c1ccc(CN(C)C(=O)c2ccc(-c3ccc(F)cc3)s2)cc1. The summed E-state index contributed by atoms with van der Waals surface area (Å²) in [6.07, 6.45) is 0. The molecular weight excluding hydrogens is 365 g/mol. The van der Waals surface area contributed by atoms with Gasteiger partial charge in [-0.2, -0.15) is 0 Å². The number of hydrogen-bond acceptors (Lipinski definition) is 4. The first kappa shape index (κ1) is 18.8. The summed E-state index contributed by atoms with van der Waals surface area (Å²) in [7, 11) is 3.07. The molecule has 0 aliphatic rings. The molecule has 4 nitrogen and oxygen atoms in total. The van der Waals surface area contributed by atoms with Gasteiger partial charge in [-0.15, -0.1) is 11.3 Å². The topological polar surface area (TPSA) is 46.6 Å². The summed E-state index contributed by atoms with van der Waals surface area (Å²) in [5.41, 5.74) is 2.26. The number of halogens is 1. The van der Waals surface area contributed by atoms with Crippen LogP contribution in [0.5, 0.6) is 0 Å². The van der Waals surface area contributed by atoms with E-state index in [1.807, 2.05) is 6.07 Å². The molecule has 0 fully saturated rings. The van der Waals surface area contributed by atoms with E-state index in [2.05, 4.69) is 4.74 Å². The van der Waals surface area contributed by atoms with E-state index in [9.17, 15) is 14.0 Å². The third-order valence-corrected chi connectivity index (χ3v) is 5.21. The van der Waals surface area contributed by atoms with Gasteiger partial charge in [0.2, 0.25) is 0 Å². The lowest BCUT2D eigenvalue weighted by molar-refractivity contribution is 0.0600. The zero-order chi connectivity index (χ0) is 19.4. The van der Waals surface area contributed by atoms with E-state index >= 15 is 0 Å². The van der Waals surface area contributed by atoms with Crippen molar-refractivity contribution < 1.29 is 18.7 Å². The highest BCUT2D eigenvalue weighted by molar-refractivity contribution is 7.17. The summed E-state index contributed by atoms with van der Waals surface area (Å²) in [6, 6.07) is 16.8. The Labute approximate surface area is 160 Å². The Morgan fingerprint density at radius 1 is 1.00 bits per heavy atom. The van der Waals surface area contributed by atoms with Crippen LogP contribution in [0.4, 0.5) is 4.39 Å². The van der Waals surface area contributed by atoms with Crippen LogP contribution in [0.15, 0.2) is 60.7 Å². The molecule has 138 valence electrons. The minimum absolute atomic E-state index is 0.0922. The van der Waals surface area contributed by atoms with Crippen LogP contribution in [0, 0.1) is 5.82 Å². The van der Waals surface area contributed by atoms with Gasteiger partial charge in [0.1, 0.15) is 5.82 Å². The summed E-state index contributed by atoms with van der Waals surface area (Å²) < 4.78 is 17.7. The smallest absolute Gasteiger partial charge is 0.337 e. The van der Waals surface area contributed by atoms with Gasteiger partial charge in [-0.25, -0.2) is 9.18 Å². The van der Waals surface area contributed by atoms with E-state index in [0.29, 0.717) is 17.0 Å².